The Morgan fingerprint density at radius 2 is 1.60 bits per heavy atom. The molecule has 0 spiro atoms. The molecular formula is C14H21ClN6O4. The molecule has 0 saturated carbocycles. The molecule has 0 atom stereocenters. The minimum absolute atomic E-state index is 0.706. The van der Waals surface area contributed by atoms with Gasteiger partial charge in [-0.2, -0.15) is 0 Å². The van der Waals surface area contributed by atoms with Crippen LogP contribution < -0.4 is 28.2 Å². The summed E-state index contributed by atoms with van der Waals surface area (Å²) < 4.78 is 37.5. The molecule has 2 rings (SSSR count). The van der Waals surface area contributed by atoms with E-state index in [0.717, 1.165) is 18.8 Å². The first-order valence-corrected chi connectivity index (χ1v) is 8.65. The number of rotatable bonds is 5. The molecule has 0 amide bonds. The molecule has 25 heavy (non-hydrogen) atoms. The lowest BCUT2D eigenvalue weighted by Gasteiger charge is -2.20. The first-order valence-electron chi connectivity index (χ1n) is 7.41. The number of aromatic nitrogens is 3. The van der Waals surface area contributed by atoms with E-state index < -0.39 is 10.2 Å². The predicted octanol–water partition coefficient (Wildman–Crippen LogP) is -2.25. The largest absolute Gasteiger partial charge is 0.441 e. The van der Waals surface area contributed by atoms with Gasteiger partial charge in [0.15, 0.2) is 6.33 Å². The van der Waals surface area contributed by atoms with Crippen LogP contribution in [0, 0.1) is 10.2 Å². The molecule has 0 N–H and O–H groups in total. The molecule has 1 heterocycles. The lowest BCUT2D eigenvalue weighted by Crippen LogP contribution is -2.68. The minimum Gasteiger partial charge on any atom is -0.372 e. The molecule has 2 aromatic rings. The lowest BCUT2D eigenvalue weighted by atomic mass is 10.2. The third-order valence-electron chi connectivity index (χ3n) is 3.24. The average Bonchev–Trinajstić information content (AvgIpc) is 2.85. The summed E-state index contributed by atoms with van der Waals surface area (Å²) in [6.45, 7) is 6.31. The number of halogens is 1. The maximum absolute atomic E-state index is 8.49. The Labute approximate surface area is 148 Å². The van der Waals surface area contributed by atoms with Gasteiger partial charge in [0.1, 0.15) is 5.69 Å². The quantitative estimate of drug-likeness (QED) is 0.428. The first kappa shape index (κ1) is 20.9. The van der Waals surface area contributed by atoms with E-state index in [1.807, 2.05) is 30.8 Å². The van der Waals surface area contributed by atoms with Crippen LogP contribution in [0.4, 0.5) is 17.3 Å². The van der Waals surface area contributed by atoms with Crippen molar-refractivity contribution in [1.29, 1.82) is 0 Å². The fourth-order valence-corrected chi connectivity index (χ4v) is 2.04. The molecule has 0 aliphatic heterocycles. The number of aryl methyl sites for hydroxylation is 2. The Bertz CT molecular complexity index is 654. The SMILES string of the molecule is CCN(CC)c1ccc(/N=N/c2n(C)cn[n+]2C)cc1.[O-][Cl+3]([O-])([O-])[O-]. The molecule has 1 aromatic carbocycles. The molecule has 138 valence electrons. The second-order valence-corrected chi connectivity index (χ2v) is 5.69. The highest BCUT2D eigenvalue weighted by Crippen LogP contribution is 2.20. The third-order valence-corrected chi connectivity index (χ3v) is 3.24. The summed E-state index contributed by atoms with van der Waals surface area (Å²) in [7, 11) is -1.21. The van der Waals surface area contributed by atoms with Gasteiger partial charge >= 0.3 is 5.95 Å². The van der Waals surface area contributed by atoms with Crippen molar-refractivity contribution in [3.8, 4) is 0 Å². The van der Waals surface area contributed by atoms with Gasteiger partial charge in [0.25, 0.3) is 0 Å². The van der Waals surface area contributed by atoms with E-state index in [-0.39, 0.29) is 0 Å². The molecule has 0 aliphatic rings. The van der Waals surface area contributed by atoms with Crippen LogP contribution in [0.3, 0.4) is 0 Å². The molecule has 11 heteroatoms. The number of hydrogen-bond donors (Lipinski definition) is 0. The highest BCUT2D eigenvalue weighted by Gasteiger charge is 2.12. The number of anilines is 1. The molecule has 0 saturated heterocycles. The Morgan fingerprint density at radius 3 is 2.00 bits per heavy atom. The van der Waals surface area contributed by atoms with Crippen molar-refractivity contribution in [2.24, 2.45) is 24.3 Å². The molecule has 0 fully saturated rings. The zero-order chi connectivity index (χ0) is 19.0. The Hall–Kier alpha value is -2.11. The third kappa shape index (κ3) is 7.54. The van der Waals surface area contributed by atoms with Crippen molar-refractivity contribution in [2.75, 3.05) is 18.0 Å². The van der Waals surface area contributed by atoms with Crippen LogP contribution in [0.1, 0.15) is 13.8 Å². The monoisotopic (exact) mass is 372 g/mol. The average molecular weight is 373 g/mol. The number of benzene rings is 1. The summed E-state index contributed by atoms with van der Waals surface area (Å²) in [5, 5.41) is 12.6. The zero-order valence-corrected chi connectivity index (χ0v) is 15.3. The highest BCUT2D eigenvalue weighted by molar-refractivity contribution is 5.52. The molecule has 0 bridgehead atoms. The van der Waals surface area contributed by atoms with Crippen molar-refractivity contribution < 1.29 is 33.6 Å². The van der Waals surface area contributed by atoms with Crippen molar-refractivity contribution in [3.05, 3.63) is 30.6 Å². The van der Waals surface area contributed by atoms with Crippen molar-refractivity contribution in [3.63, 3.8) is 0 Å². The second kappa shape index (κ2) is 9.39. The van der Waals surface area contributed by atoms with Crippen molar-refractivity contribution >= 4 is 17.3 Å². The molecule has 10 nitrogen and oxygen atoms in total. The summed E-state index contributed by atoms with van der Waals surface area (Å²) in [6.07, 6.45) is 1.71. The van der Waals surface area contributed by atoms with Crippen molar-refractivity contribution in [1.82, 2.24) is 9.67 Å². The first-order chi connectivity index (χ1) is 11.7. The Balaban J connectivity index is 0.000000550. The van der Waals surface area contributed by atoms with E-state index in [2.05, 4.69) is 46.2 Å². The number of azo groups is 1. The predicted molar refractivity (Wildman–Crippen MR) is 78.6 cm³/mol. The van der Waals surface area contributed by atoms with Crippen LogP contribution in [-0.2, 0) is 14.1 Å². The fourth-order valence-electron chi connectivity index (χ4n) is 2.04. The molecule has 0 aliphatic carbocycles. The molecular weight excluding hydrogens is 352 g/mol. The Morgan fingerprint density at radius 1 is 1.08 bits per heavy atom. The highest BCUT2D eigenvalue weighted by atomic mass is 35.7. The van der Waals surface area contributed by atoms with E-state index in [0.29, 0.717) is 5.95 Å². The van der Waals surface area contributed by atoms with Gasteiger partial charge < -0.3 is 4.90 Å². The maximum Gasteiger partial charge on any atom is 0.441 e. The van der Waals surface area contributed by atoms with E-state index in [9.17, 15) is 0 Å². The summed E-state index contributed by atoms with van der Waals surface area (Å²) in [5.74, 6) is 0.706. The molecule has 0 radical (unpaired) electrons. The molecule has 0 unspecified atom stereocenters. The van der Waals surface area contributed by atoms with Gasteiger partial charge in [0.05, 0.1) is 14.1 Å². The van der Waals surface area contributed by atoms with Gasteiger partial charge in [-0.15, -0.1) is 14.9 Å². The van der Waals surface area contributed by atoms with Gasteiger partial charge in [-0.25, -0.2) is 23.2 Å². The zero-order valence-electron chi connectivity index (χ0n) is 14.5. The maximum atomic E-state index is 8.49. The van der Waals surface area contributed by atoms with Gasteiger partial charge in [-0.1, -0.05) is 10.2 Å². The van der Waals surface area contributed by atoms with E-state index >= 15 is 0 Å². The van der Waals surface area contributed by atoms with Crippen LogP contribution in [0.5, 0.6) is 0 Å². The van der Waals surface area contributed by atoms with E-state index in [4.69, 9.17) is 18.6 Å². The standard InChI is InChI=1S/C14H21N6.ClHO4/c1-5-20(6-2)13-9-7-12(8-10-13)16-17-14-18(3)11-15-19(14)4;2-1(3,4)5/h7-11H,5-6H2,1-4H3;(H,2,3,4,5)/q+1;/p-1. The topological polar surface area (TPSA) is 142 Å². The van der Waals surface area contributed by atoms with Gasteiger partial charge in [-0.3, -0.25) is 0 Å². The minimum atomic E-state index is -4.94. The van der Waals surface area contributed by atoms with E-state index in [1.165, 1.54) is 5.69 Å². The summed E-state index contributed by atoms with van der Waals surface area (Å²) in [6, 6.07) is 8.11. The lowest BCUT2D eigenvalue weighted by molar-refractivity contribution is -2.00. The fraction of sp³-hybridized carbons (Fsp3) is 0.429. The smallest absolute Gasteiger partial charge is 0.372 e. The van der Waals surface area contributed by atoms with Crippen LogP contribution in [-0.4, -0.2) is 22.8 Å². The normalized spacial score (nSPS) is 11.4. The summed E-state index contributed by atoms with van der Waals surface area (Å²) >= 11 is 0. The summed E-state index contributed by atoms with van der Waals surface area (Å²) in [5.41, 5.74) is 2.04. The van der Waals surface area contributed by atoms with Gasteiger partial charge in [0, 0.05) is 23.9 Å². The van der Waals surface area contributed by atoms with E-state index in [1.54, 1.807) is 11.0 Å². The second-order valence-electron chi connectivity index (χ2n) is 4.93. The number of hydrogen-bond acceptors (Lipinski definition) is 8. The van der Waals surface area contributed by atoms with Crippen LogP contribution >= 0.6 is 0 Å². The van der Waals surface area contributed by atoms with Crippen LogP contribution in [0.2, 0.25) is 0 Å². The molecule has 1 aromatic heterocycles. The van der Waals surface area contributed by atoms with Gasteiger partial charge in [-0.05, 0) is 38.1 Å². The number of nitrogens with zero attached hydrogens (tertiary/aromatic N) is 6. The summed E-state index contributed by atoms with van der Waals surface area (Å²) in [4.78, 5) is 2.29. The van der Waals surface area contributed by atoms with Crippen LogP contribution in [0.15, 0.2) is 40.8 Å². The Kier molecular flexibility index (Phi) is 7.87. The van der Waals surface area contributed by atoms with Gasteiger partial charge in [0.2, 0.25) is 0 Å². The van der Waals surface area contributed by atoms with Crippen LogP contribution in [0.25, 0.3) is 0 Å². The van der Waals surface area contributed by atoms with Crippen molar-refractivity contribution in [2.45, 2.75) is 13.8 Å².